The van der Waals surface area contributed by atoms with Crippen molar-refractivity contribution in [2.75, 3.05) is 6.54 Å². The van der Waals surface area contributed by atoms with Gasteiger partial charge in [0.1, 0.15) is 0 Å². The molecule has 76 valence electrons. The number of hydrogen-bond donors (Lipinski definition) is 0. The Morgan fingerprint density at radius 2 is 2.15 bits per heavy atom. The number of amides is 1. The molecule has 0 bridgehead atoms. The summed E-state index contributed by atoms with van der Waals surface area (Å²) in [5.41, 5.74) is 0. The molecule has 1 atom stereocenters. The molecule has 0 aromatic carbocycles. The van der Waals surface area contributed by atoms with Crippen molar-refractivity contribution in [3.8, 4) is 0 Å². The minimum absolute atomic E-state index is 0.368. The van der Waals surface area contributed by atoms with Crippen LogP contribution in [0.4, 0.5) is 0 Å². The van der Waals surface area contributed by atoms with Gasteiger partial charge in [0.05, 0.1) is 0 Å². The number of likely N-dealkylation sites (tertiary alicyclic amines) is 1. The lowest BCUT2D eigenvalue weighted by atomic mass is 10.0. The van der Waals surface area contributed by atoms with Crippen LogP contribution in [0, 0.1) is 5.92 Å². The predicted octanol–water partition coefficient (Wildman–Crippen LogP) is 2.43. The molecular formula is C11H21NO. The van der Waals surface area contributed by atoms with Crippen molar-refractivity contribution in [2.24, 2.45) is 5.92 Å². The molecule has 0 radical (unpaired) electrons. The minimum Gasteiger partial charge on any atom is -0.340 e. The maximum Gasteiger partial charge on any atom is 0.222 e. The molecule has 1 aliphatic heterocycles. The zero-order valence-electron chi connectivity index (χ0n) is 9.05. The maximum absolute atomic E-state index is 11.5. The predicted molar refractivity (Wildman–Crippen MR) is 54.5 cm³/mol. The van der Waals surface area contributed by atoms with Gasteiger partial charge in [-0.3, -0.25) is 4.79 Å². The van der Waals surface area contributed by atoms with Crippen LogP contribution in [0.5, 0.6) is 0 Å². The smallest absolute Gasteiger partial charge is 0.222 e. The number of nitrogens with zero attached hydrogens (tertiary/aromatic N) is 1. The second-order valence-corrected chi connectivity index (χ2v) is 4.38. The maximum atomic E-state index is 11.5. The van der Waals surface area contributed by atoms with Crippen molar-refractivity contribution in [3.63, 3.8) is 0 Å². The second kappa shape index (κ2) is 4.64. The van der Waals surface area contributed by atoms with Gasteiger partial charge in [0, 0.05) is 19.0 Å². The van der Waals surface area contributed by atoms with Gasteiger partial charge in [-0.05, 0) is 25.2 Å². The zero-order chi connectivity index (χ0) is 9.84. The third-order valence-electron chi connectivity index (χ3n) is 2.77. The van der Waals surface area contributed by atoms with E-state index in [2.05, 4.69) is 25.7 Å². The van der Waals surface area contributed by atoms with E-state index in [-0.39, 0.29) is 0 Å². The molecule has 1 rings (SSSR count). The van der Waals surface area contributed by atoms with Crippen molar-refractivity contribution in [1.82, 2.24) is 4.90 Å². The van der Waals surface area contributed by atoms with Crippen LogP contribution < -0.4 is 0 Å². The third kappa shape index (κ3) is 2.71. The fourth-order valence-corrected chi connectivity index (χ4v) is 2.11. The Morgan fingerprint density at radius 3 is 2.54 bits per heavy atom. The highest BCUT2D eigenvalue weighted by atomic mass is 16.2. The van der Waals surface area contributed by atoms with Gasteiger partial charge in [-0.15, -0.1) is 0 Å². The van der Waals surface area contributed by atoms with E-state index < -0.39 is 0 Å². The first-order chi connectivity index (χ1) is 6.15. The van der Waals surface area contributed by atoms with Crippen LogP contribution in [0.25, 0.3) is 0 Å². The van der Waals surface area contributed by atoms with Gasteiger partial charge in [-0.2, -0.15) is 0 Å². The van der Waals surface area contributed by atoms with Gasteiger partial charge in [0.2, 0.25) is 5.91 Å². The lowest BCUT2D eigenvalue weighted by molar-refractivity contribution is -0.130. The molecule has 1 amide bonds. The molecule has 0 spiro atoms. The topological polar surface area (TPSA) is 20.3 Å². The average molecular weight is 183 g/mol. The summed E-state index contributed by atoms with van der Waals surface area (Å²) in [5, 5.41) is 0. The Morgan fingerprint density at radius 1 is 1.46 bits per heavy atom. The van der Waals surface area contributed by atoms with Crippen molar-refractivity contribution >= 4 is 5.91 Å². The molecule has 1 saturated heterocycles. The van der Waals surface area contributed by atoms with Crippen molar-refractivity contribution < 1.29 is 4.79 Å². The van der Waals surface area contributed by atoms with Gasteiger partial charge in [0.15, 0.2) is 0 Å². The van der Waals surface area contributed by atoms with Gasteiger partial charge in [-0.1, -0.05) is 20.8 Å². The lowest BCUT2D eigenvalue weighted by Crippen LogP contribution is -2.36. The largest absolute Gasteiger partial charge is 0.340 e. The summed E-state index contributed by atoms with van der Waals surface area (Å²) in [6.07, 6.45) is 4.09. The first-order valence-electron chi connectivity index (χ1n) is 5.44. The zero-order valence-corrected chi connectivity index (χ0v) is 9.05. The van der Waals surface area contributed by atoms with Crippen LogP contribution >= 0.6 is 0 Å². The molecule has 13 heavy (non-hydrogen) atoms. The van der Waals surface area contributed by atoms with Crippen LogP contribution in [0.15, 0.2) is 0 Å². The van der Waals surface area contributed by atoms with Gasteiger partial charge in [0.25, 0.3) is 0 Å². The Bertz CT molecular complexity index is 177. The van der Waals surface area contributed by atoms with Crippen molar-refractivity contribution in [3.05, 3.63) is 0 Å². The molecule has 1 fully saturated rings. The Hall–Kier alpha value is -0.530. The van der Waals surface area contributed by atoms with E-state index >= 15 is 0 Å². The molecule has 0 aliphatic carbocycles. The Balaban J connectivity index is 2.49. The molecule has 1 unspecified atom stereocenters. The van der Waals surface area contributed by atoms with Crippen molar-refractivity contribution in [2.45, 2.75) is 52.5 Å². The first kappa shape index (κ1) is 10.6. The molecule has 1 heterocycles. The third-order valence-corrected chi connectivity index (χ3v) is 2.77. The van der Waals surface area contributed by atoms with E-state index in [1.54, 1.807) is 0 Å². The van der Waals surface area contributed by atoms with Gasteiger partial charge >= 0.3 is 0 Å². The van der Waals surface area contributed by atoms with Crippen molar-refractivity contribution in [1.29, 1.82) is 0 Å². The molecule has 0 aromatic heterocycles. The summed E-state index contributed by atoms with van der Waals surface area (Å²) < 4.78 is 0. The molecule has 1 aliphatic rings. The number of hydrogen-bond acceptors (Lipinski definition) is 1. The summed E-state index contributed by atoms with van der Waals surface area (Å²) in [5.74, 6) is 1.06. The summed E-state index contributed by atoms with van der Waals surface area (Å²) in [6, 6.07) is 0.495. The molecule has 2 nitrogen and oxygen atoms in total. The van der Waals surface area contributed by atoms with E-state index in [9.17, 15) is 4.79 Å². The highest BCUT2D eigenvalue weighted by Crippen LogP contribution is 2.20. The fraction of sp³-hybridized carbons (Fsp3) is 0.909. The molecular weight excluding hydrogens is 162 g/mol. The Labute approximate surface area is 81.3 Å². The summed E-state index contributed by atoms with van der Waals surface area (Å²) in [4.78, 5) is 13.6. The number of carbonyl (C=O) groups is 1. The highest BCUT2D eigenvalue weighted by molar-refractivity contribution is 5.78. The second-order valence-electron chi connectivity index (χ2n) is 4.38. The lowest BCUT2D eigenvalue weighted by Gasteiger charge is -2.28. The number of carbonyl (C=O) groups excluding carboxylic acids is 1. The quantitative estimate of drug-likeness (QED) is 0.655. The summed E-state index contributed by atoms with van der Waals surface area (Å²) >= 11 is 0. The Kier molecular flexibility index (Phi) is 3.76. The minimum atomic E-state index is 0.368. The normalized spacial score (nSPS) is 20.0. The van der Waals surface area contributed by atoms with E-state index in [0.29, 0.717) is 17.9 Å². The van der Waals surface area contributed by atoms with Gasteiger partial charge < -0.3 is 4.90 Å². The first-order valence-corrected chi connectivity index (χ1v) is 5.44. The summed E-state index contributed by atoms with van der Waals surface area (Å²) in [6.45, 7) is 7.62. The average Bonchev–Trinajstić information content (AvgIpc) is 2.47. The van der Waals surface area contributed by atoms with E-state index in [1.807, 2.05) is 0 Å². The van der Waals surface area contributed by atoms with Crippen LogP contribution in [0.2, 0.25) is 0 Å². The molecule has 0 aromatic rings. The van der Waals surface area contributed by atoms with E-state index in [4.69, 9.17) is 0 Å². The van der Waals surface area contributed by atoms with Crippen LogP contribution in [0.1, 0.15) is 46.5 Å². The van der Waals surface area contributed by atoms with Crippen LogP contribution in [0.3, 0.4) is 0 Å². The summed E-state index contributed by atoms with van der Waals surface area (Å²) in [7, 11) is 0. The van der Waals surface area contributed by atoms with E-state index in [0.717, 1.165) is 32.2 Å². The van der Waals surface area contributed by atoms with E-state index in [1.165, 1.54) is 0 Å². The molecule has 0 N–H and O–H groups in total. The molecule has 0 saturated carbocycles. The van der Waals surface area contributed by atoms with Gasteiger partial charge in [-0.25, -0.2) is 0 Å². The SMILES string of the molecule is CCC(CC(C)C)N1CCCC1=O. The monoisotopic (exact) mass is 183 g/mol. The van der Waals surface area contributed by atoms with Crippen LogP contribution in [-0.4, -0.2) is 23.4 Å². The fourth-order valence-electron chi connectivity index (χ4n) is 2.11. The standard InChI is InChI=1S/C11H21NO/c1-4-10(8-9(2)3)12-7-5-6-11(12)13/h9-10H,4-8H2,1-3H3. The van der Waals surface area contributed by atoms with Crippen LogP contribution in [-0.2, 0) is 4.79 Å². The number of rotatable bonds is 4. The molecule has 2 heteroatoms. The highest BCUT2D eigenvalue weighted by Gasteiger charge is 2.26.